The Hall–Kier alpha value is -3.85. The fraction of sp³-hybridized carbons (Fsp3) is 0.500. The Morgan fingerprint density at radius 3 is 2.51 bits per heavy atom. The van der Waals surface area contributed by atoms with Gasteiger partial charge in [0.15, 0.2) is 5.60 Å². The molecule has 0 bridgehead atoms. The molecular weight excluding hydrogens is 540 g/mol. The van der Waals surface area contributed by atoms with Crippen molar-refractivity contribution in [2.75, 3.05) is 44.2 Å². The quantitative estimate of drug-likeness (QED) is 0.388. The van der Waals surface area contributed by atoms with Gasteiger partial charge >= 0.3 is 0 Å². The number of rotatable bonds is 9. The predicted octanol–water partition coefficient (Wildman–Crippen LogP) is 4.38. The number of piperidine rings is 1. The highest BCUT2D eigenvalue weighted by Crippen LogP contribution is 2.34. The molecule has 9 nitrogen and oxygen atoms in total. The highest BCUT2D eigenvalue weighted by atomic mass is 16.5. The Morgan fingerprint density at radius 1 is 1.05 bits per heavy atom. The molecule has 1 aromatic heterocycles. The van der Waals surface area contributed by atoms with Gasteiger partial charge in [-0.3, -0.25) is 14.7 Å². The molecule has 1 aliphatic carbocycles. The zero-order valence-corrected chi connectivity index (χ0v) is 25.6. The summed E-state index contributed by atoms with van der Waals surface area (Å²) in [4.78, 5) is 33.4. The number of carbonyl (C=O) groups excluding carboxylic acids is 2. The van der Waals surface area contributed by atoms with Gasteiger partial charge < -0.3 is 24.8 Å². The Balaban J connectivity index is 1.10. The van der Waals surface area contributed by atoms with Crippen molar-refractivity contribution in [1.29, 1.82) is 0 Å². The maximum Gasteiger partial charge on any atom is 0.266 e. The minimum absolute atomic E-state index is 0.00874. The van der Waals surface area contributed by atoms with Gasteiger partial charge in [-0.15, -0.1) is 0 Å². The molecular formula is C34H44N6O3. The number of nitrogens with zero attached hydrogens (tertiary/aromatic N) is 4. The fourth-order valence-electron chi connectivity index (χ4n) is 6.38. The fourth-order valence-corrected chi connectivity index (χ4v) is 6.38. The second-order valence-electron chi connectivity index (χ2n) is 12.7. The van der Waals surface area contributed by atoms with Crippen LogP contribution in [-0.2, 0) is 16.1 Å². The third-order valence-corrected chi connectivity index (χ3v) is 8.96. The summed E-state index contributed by atoms with van der Waals surface area (Å²) in [6.07, 6.45) is 5.88. The number of aryl methyl sites for hydroxylation is 1. The number of H-pyrrole nitrogens is 1. The number of benzene rings is 2. The molecule has 3 aromatic rings. The molecule has 0 radical (unpaired) electrons. The third-order valence-electron chi connectivity index (χ3n) is 8.96. The van der Waals surface area contributed by atoms with E-state index in [1.54, 1.807) is 0 Å². The zero-order chi connectivity index (χ0) is 30.0. The average Bonchev–Trinajstić information content (AvgIpc) is 3.79. The predicted molar refractivity (Wildman–Crippen MR) is 168 cm³/mol. The van der Waals surface area contributed by atoms with E-state index < -0.39 is 5.60 Å². The van der Waals surface area contributed by atoms with Gasteiger partial charge in [0.05, 0.1) is 12.1 Å². The normalized spacial score (nSPS) is 19.3. The van der Waals surface area contributed by atoms with E-state index in [0.29, 0.717) is 38.0 Å². The summed E-state index contributed by atoms with van der Waals surface area (Å²) in [7, 11) is 0. The van der Waals surface area contributed by atoms with Gasteiger partial charge in [-0.25, -0.2) is 0 Å². The number of aromatic amines is 1. The maximum atomic E-state index is 14.0. The first kappa shape index (κ1) is 29.2. The number of anilines is 1. The lowest BCUT2D eigenvalue weighted by Crippen LogP contribution is -2.54. The molecule has 0 spiro atoms. The van der Waals surface area contributed by atoms with Crippen molar-refractivity contribution < 1.29 is 14.3 Å². The summed E-state index contributed by atoms with van der Waals surface area (Å²) in [6, 6.07) is 16.8. The monoisotopic (exact) mass is 584 g/mol. The van der Waals surface area contributed by atoms with Crippen molar-refractivity contribution in [2.24, 2.45) is 5.92 Å². The number of piperazine rings is 1. The molecule has 1 atom stereocenters. The van der Waals surface area contributed by atoms with Gasteiger partial charge in [0, 0.05) is 74.9 Å². The average molecular weight is 585 g/mol. The van der Waals surface area contributed by atoms with Crippen molar-refractivity contribution in [3.63, 3.8) is 0 Å². The van der Waals surface area contributed by atoms with Crippen LogP contribution in [0, 0.1) is 12.8 Å². The highest BCUT2D eigenvalue weighted by molar-refractivity contribution is 5.85. The number of aromatic nitrogens is 2. The number of nitrogens with one attached hydrogen (secondary N) is 2. The van der Waals surface area contributed by atoms with Crippen LogP contribution < -0.4 is 15.0 Å². The lowest BCUT2D eigenvalue weighted by molar-refractivity contribution is -0.146. The van der Waals surface area contributed by atoms with Gasteiger partial charge in [0.2, 0.25) is 5.91 Å². The molecule has 2 amide bonds. The van der Waals surface area contributed by atoms with Crippen molar-refractivity contribution >= 4 is 17.5 Å². The van der Waals surface area contributed by atoms with Crippen LogP contribution in [0.4, 0.5) is 5.69 Å². The van der Waals surface area contributed by atoms with Gasteiger partial charge in [0.1, 0.15) is 5.75 Å². The van der Waals surface area contributed by atoms with E-state index in [2.05, 4.69) is 55.6 Å². The molecule has 2 aliphatic heterocycles. The minimum atomic E-state index is -0.962. The Bertz CT molecular complexity index is 1420. The number of carbonyl (C=O) groups is 2. The Kier molecular flexibility index (Phi) is 8.43. The molecule has 3 aliphatic rings. The second kappa shape index (κ2) is 12.4. The van der Waals surface area contributed by atoms with Crippen molar-refractivity contribution in [3.05, 3.63) is 66.0 Å². The number of amides is 2. The first-order valence-corrected chi connectivity index (χ1v) is 15.7. The molecule has 3 fully saturated rings. The van der Waals surface area contributed by atoms with Crippen LogP contribution in [-0.4, -0.2) is 82.7 Å². The molecule has 2 N–H and O–H groups in total. The van der Waals surface area contributed by atoms with Crippen molar-refractivity contribution in [2.45, 2.75) is 64.6 Å². The summed E-state index contributed by atoms with van der Waals surface area (Å²) >= 11 is 0. The molecule has 3 heterocycles. The standard InChI is InChI=1S/C34H44N6O3/c1-24-31(21-36-37-24)26-11-9-25(10-12-26)22-40(28-13-14-28)32(41)27-6-5-17-39(23-27)29-7-4-8-30(20-29)43-34(2,3)33(42)38-18-15-35-16-19-38/h4,7-12,20-21,27-28,35H,5-6,13-19,22-23H2,1-3H3,(H,36,37)/t27-/m1/s1. The summed E-state index contributed by atoms with van der Waals surface area (Å²) in [5, 5.41) is 10.4. The summed E-state index contributed by atoms with van der Waals surface area (Å²) < 4.78 is 6.29. The molecule has 9 heteroatoms. The van der Waals surface area contributed by atoms with E-state index in [1.807, 2.05) is 50.1 Å². The van der Waals surface area contributed by atoms with Crippen molar-refractivity contribution in [3.8, 4) is 16.9 Å². The highest BCUT2D eigenvalue weighted by Gasteiger charge is 2.38. The molecule has 2 aromatic carbocycles. The number of hydrogen-bond donors (Lipinski definition) is 2. The van der Waals surface area contributed by atoms with Gasteiger partial charge in [-0.2, -0.15) is 5.10 Å². The van der Waals surface area contributed by atoms with E-state index >= 15 is 0 Å². The van der Waals surface area contributed by atoms with Crippen LogP contribution in [0.1, 0.15) is 50.8 Å². The maximum absolute atomic E-state index is 14.0. The molecule has 2 saturated heterocycles. The molecule has 6 rings (SSSR count). The number of ether oxygens (including phenoxy) is 1. The topological polar surface area (TPSA) is 93.8 Å². The van der Waals surface area contributed by atoms with Crippen LogP contribution in [0.3, 0.4) is 0 Å². The number of hydrogen-bond acceptors (Lipinski definition) is 6. The molecule has 228 valence electrons. The van der Waals surface area contributed by atoms with Crippen LogP contribution in [0.15, 0.2) is 54.7 Å². The lowest BCUT2D eigenvalue weighted by Gasteiger charge is -2.37. The zero-order valence-electron chi connectivity index (χ0n) is 25.6. The summed E-state index contributed by atoms with van der Waals surface area (Å²) in [6.45, 7) is 11.0. The van der Waals surface area contributed by atoms with E-state index in [-0.39, 0.29) is 17.7 Å². The van der Waals surface area contributed by atoms with E-state index in [4.69, 9.17) is 4.74 Å². The molecule has 43 heavy (non-hydrogen) atoms. The van der Waals surface area contributed by atoms with E-state index in [1.165, 1.54) is 0 Å². The smallest absolute Gasteiger partial charge is 0.266 e. The second-order valence-corrected chi connectivity index (χ2v) is 12.7. The first-order valence-electron chi connectivity index (χ1n) is 15.7. The first-order chi connectivity index (χ1) is 20.8. The SMILES string of the molecule is Cc1[nH]ncc1-c1ccc(CN(C(=O)[C@@H]2CCCN(c3cccc(OC(C)(C)C(=O)N4CCNCC4)c3)C2)C2CC2)cc1. The largest absolute Gasteiger partial charge is 0.478 e. The van der Waals surface area contributed by atoms with Crippen LogP contribution >= 0.6 is 0 Å². The van der Waals surface area contributed by atoms with Gasteiger partial charge in [-0.1, -0.05) is 30.3 Å². The summed E-state index contributed by atoms with van der Waals surface area (Å²) in [5.41, 5.74) is 4.51. The van der Waals surface area contributed by atoms with Crippen LogP contribution in [0.2, 0.25) is 0 Å². The Labute approximate surface area is 254 Å². The van der Waals surface area contributed by atoms with Crippen LogP contribution in [0.5, 0.6) is 5.75 Å². The lowest BCUT2D eigenvalue weighted by atomic mass is 9.95. The Morgan fingerprint density at radius 2 is 1.81 bits per heavy atom. The minimum Gasteiger partial charge on any atom is -0.478 e. The van der Waals surface area contributed by atoms with E-state index in [9.17, 15) is 9.59 Å². The molecule has 0 unspecified atom stereocenters. The van der Waals surface area contributed by atoms with Crippen molar-refractivity contribution in [1.82, 2.24) is 25.3 Å². The van der Waals surface area contributed by atoms with E-state index in [0.717, 1.165) is 73.4 Å². The third kappa shape index (κ3) is 6.72. The van der Waals surface area contributed by atoms with Gasteiger partial charge in [-0.05, 0) is 69.7 Å². The van der Waals surface area contributed by atoms with Crippen LogP contribution in [0.25, 0.3) is 11.1 Å². The summed E-state index contributed by atoms with van der Waals surface area (Å²) in [5.74, 6) is 0.900. The molecule has 1 saturated carbocycles. The van der Waals surface area contributed by atoms with Gasteiger partial charge in [0.25, 0.3) is 5.91 Å².